The molecule has 0 aliphatic carbocycles. The molecule has 1 heterocycles. The Hall–Kier alpha value is -4.02. The highest BCUT2D eigenvalue weighted by molar-refractivity contribution is 5.96. The molecule has 0 fully saturated rings. The summed E-state index contributed by atoms with van der Waals surface area (Å²) in [4.78, 5) is 35.2. The maximum atomic E-state index is 13.2. The van der Waals surface area contributed by atoms with Gasteiger partial charge in [-0.3, -0.25) is 0 Å². The van der Waals surface area contributed by atoms with E-state index in [1.807, 2.05) is 0 Å². The van der Waals surface area contributed by atoms with Crippen LogP contribution in [0, 0.1) is 0 Å². The minimum Gasteiger partial charge on any atom is -0.481 e. The predicted molar refractivity (Wildman–Crippen MR) is 121 cm³/mol. The topological polar surface area (TPSA) is 119 Å². The zero-order valence-corrected chi connectivity index (χ0v) is 20.5. The van der Waals surface area contributed by atoms with Crippen LogP contribution in [0.25, 0.3) is 0 Å². The number of benzene rings is 1. The van der Waals surface area contributed by atoms with Crippen LogP contribution < -0.4 is 18.9 Å². The van der Waals surface area contributed by atoms with Gasteiger partial charge in [0.2, 0.25) is 17.5 Å². The smallest absolute Gasteiger partial charge is 0.375 e. The van der Waals surface area contributed by atoms with E-state index in [0.717, 1.165) is 0 Å². The number of esters is 2. The number of aromatic nitrogens is 2. The summed E-state index contributed by atoms with van der Waals surface area (Å²) in [6.07, 6.45) is 1.41. The lowest BCUT2D eigenvalue weighted by Gasteiger charge is -2.22. The second-order valence-electron chi connectivity index (χ2n) is 8.02. The molecule has 184 valence electrons. The molecule has 0 amide bonds. The number of methoxy groups -OCH3 is 3. The van der Waals surface area contributed by atoms with Gasteiger partial charge in [0, 0.05) is 20.3 Å². The van der Waals surface area contributed by atoms with Crippen molar-refractivity contribution in [1.29, 1.82) is 0 Å². The molecule has 1 aromatic carbocycles. The molecule has 0 aliphatic rings. The summed E-state index contributed by atoms with van der Waals surface area (Å²) in [5.74, 6) is -1.24. The van der Waals surface area contributed by atoms with Crippen LogP contribution in [0.5, 0.6) is 29.3 Å². The van der Waals surface area contributed by atoms with Gasteiger partial charge >= 0.3 is 17.9 Å². The van der Waals surface area contributed by atoms with E-state index in [2.05, 4.69) is 9.97 Å². The van der Waals surface area contributed by atoms with Crippen LogP contribution in [0.1, 0.15) is 31.1 Å². The molecule has 2 aromatic rings. The van der Waals surface area contributed by atoms with Gasteiger partial charge in [0.1, 0.15) is 22.7 Å². The second kappa shape index (κ2) is 11.2. The Labute approximate surface area is 198 Å². The summed E-state index contributed by atoms with van der Waals surface area (Å²) < 4.78 is 32.2. The number of nitrogens with zero attached hydrogens (tertiary/aromatic N) is 3. The molecule has 0 bridgehead atoms. The maximum Gasteiger partial charge on any atom is 0.375 e. The third-order valence-corrected chi connectivity index (χ3v) is 3.85. The fraction of sp³-hybridized carbons (Fsp3) is 0.391. The summed E-state index contributed by atoms with van der Waals surface area (Å²) >= 11 is 0. The summed E-state index contributed by atoms with van der Waals surface area (Å²) in [5.41, 5.74) is -0.904. The number of carbonyl (C=O) groups is 2. The molecule has 11 nitrogen and oxygen atoms in total. The summed E-state index contributed by atoms with van der Waals surface area (Å²) in [6, 6.07) is 5.90. The van der Waals surface area contributed by atoms with Gasteiger partial charge in [-0.1, -0.05) is 6.07 Å². The van der Waals surface area contributed by atoms with Crippen molar-refractivity contribution in [3.63, 3.8) is 0 Å². The van der Waals surface area contributed by atoms with Crippen molar-refractivity contribution in [2.75, 3.05) is 35.4 Å². The number of hydrogen-bond acceptors (Lipinski definition) is 11. The lowest BCUT2D eigenvalue weighted by molar-refractivity contribution is -0.138. The fourth-order valence-electron chi connectivity index (χ4n) is 2.52. The predicted octanol–water partition coefficient (Wildman–Crippen LogP) is 3.20. The molecular formula is C23H29N3O8. The normalized spacial score (nSPS) is 11.4. The van der Waals surface area contributed by atoms with Crippen molar-refractivity contribution in [3.8, 4) is 29.3 Å². The van der Waals surface area contributed by atoms with Crippen molar-refractivity contribution in [3.05, 3.63) is 41.8 Å². The van der Waals surface area contributed by atoms with E-state index in [1.54, 1.807) is 45.8 Å². The molecule has 0 atom stereocenters. The van der Waals surface area contributed by atoms with Crippen LogP contribution in [-0.2, 0) is 14.3 Å². The zero-order valence-electron chi connectivity index (χ0n) is 20.5. The van der Waals surface area contributed by atoms with Gasteiger partial charge in [-0.2, -0.15) is 9.97 Å². The van der Waals surface area contributed by atoms with Crippen LogP contribution in [0.2, 0.25) is 0 Å². The van der Waals surface area contributed by atoms with Crippen molar-refractivity contribution < 1.29 is 38.0 Å². The van der Waals surface area contributed by atoms with E-state index in [0.29, 0.717) is 0 Å². The van der Waals surface area contributed by atoms with Crippen molar-refractivity contribution in [1.82, 2.24) is 14.9 Å². The first-order valence-electron chi connectivity index (χ1n) is 10.1. The van der Waals surface area contributed by atoms with Crippen molar-refractivity contribution in [2.45, 2.75) is 26.4 Å². The summed E-state index contributed by atoms with van der Waals surface area (Å²) in [6.45, 7) is 5.16. The lowest BCUT2D eigenvalue weighted by Crippen LogP contribution is -2.25. The van der Waals surface area contributed by atoms with Gasteiger partial charge in [0.05, 0.1) is 27.4 Å². The Morgan fingerprint density at radius 1 is 0.971 bits per heavy atom. The maximum absolute atomic E-state index is 13.2. The van der Waals surface area contributed by atoms with Crippen LogP contribution in [0.15, 0.2) is 36.2 Å². The number of ether oxygens (including phenoxy) is 6. The second-order valence-corrected chi connectivity index (χ2v) is 8.02. The molecule has 0 N–H and O–H groups in total. The number of hydrogen-bond donors (Lipinski definition) is 0. The monoisotopic (exact) mass is 475 g/mol. The zero-order chi connectivity index (χ0) is 25.5. The van der Waals surface area contributed by atoms with Crippen LogP contribution in [0.4, 0.5) is 0 Å². The first kappa shape index (κ1) is 26.2. The van der Waals surface area contributed by atoms with Crippen LogP contribution >= 0.6 is 0 Å². The molecule has 0 saturated heterocycles. The molecule has 1 aromatic heterocycles. The van der Waals surface area contributed by atoms with E-state index in [4.69, 9.17) is 28.4 Å². The SMILES string of the molecule is COC(=O)C(=CN(C)C)Oc1cccc(Oc2nc(OC)cc(OC)n2)c1C(=O)OC(C)(C)C. The number of carbonyl (C=O) groups excluding carboxylic acids is 2. The van der Waals surface area contributed by atoms with Gasteiger partial charge in [0.15, 0.2) is 0 Å². The molecule has 0 saturated carbocycles. The number of rotatable bonds is 9. The largest absolute Gasteiger partial charge is 0.481 e. The van der Waals surface area contributed by atoms with Crippen LogP contribution in [-0.4, -0.2) is 67.8 Å². The van der Waals surface area contributed by atoms with Gasteiger partial charge in [0.25, 0.3) is 0 Å². The Kier molecular flexibility index (Phi) is 8.65. The summed E-state index contributed by atoms with van der Waals surface area (Å²) in [7, 11) is 7.48. The Morgan fingerprint density at radius 2 is 1.56 bits per heavy atom. The first-order chi connectivity index (χ1) is 16.0. The highest BCUT2D eigenvalue weighted by Gasteiger charge is 2.28. The molecule has 0 spiro atoms. The molecule has 0 radical (unpaired) electrons. The highest BCUT2D eigenvalue weighted by atomic mass is 16.6. The van der Waals surface area contributed by atoms with E-state index in [1.165, 1.54) is 45.7 Å². The fourth-order valence-corrected chi connectivity index (χ4v) is 2.52. The van der Waals surface area contributed by atoms with Crippen molar-refractivity contribution >= 4 is 11.9 Å². The summed E-state index contributed by atoms with van der Waals surface area (Å²) in [5, 5.41) is 0. The van der Waals surface area contributed by atoms with E-state index in [-0.39, 0.29) is 40.6 Å². The van der Waals surface area contributed by atoms with Crippen LogP contribution in [0.3, 0.4) is 0 Å². The van der Waals surface area contributed by atoms with Gasteiger partial charge in [-0.15, -0.1) is 0 Å². The van der Waals surface area contributed by atoms with Gasteiger partial charge in [-0.05, 0) is 32.9 Å². The van der Waals surface area contributed by atoms with Gasteiger partial charge < -0.3 is 33.3 Å². The van der Waals surface area contributed by atoms with E-state index in [9.17, 15) is 9.59 Å². The molecular weight excluding hydrogens is 446 g/mol. The third kappa shape index (κ3) is 7.26. The molecule has 0 unspecified atom stereocenters. The Morgan fingerprint density at radius 3 is 2.06 bits per heavy atom. The molecule has 0 aliphatic heterocycles. The third-order valence-electron chi connectivity index (χ3n) is 3.85. The minimum absolute atomic E-state index is 0.000103. The molecule has 11 heteroatoms. The Balaban J connectivity index is 2.61. The minimum atomic E-state index is -0.818. The first-order valence-corrected chi connectivity index (χ1v) is 10.1. The standard InChI is InChI=1S/C23H29N3O8/c1-23(2,3)34-21(28)19-14(32-16(13-26(4)5)20(27)31-8)10-9-11-15(19)33-22-24-17(29-6)12-18(25-22)30-7/h9-13H,1-8H3. The van der Waals surface area contributed by atoms with E-state index < -0.39 is 17.5 Å². The lowest BCUT2D eigenvalue weighted by atomic mass is 10.1. The molecule has 34 heavy (non-hydrogen) atoms. The molecule has 2 rings (SSSR count). The Bertz CT molecular complexity index is 1040. The van der Waals surface area contributed by atoms with E-state index >= 15 is 0 Å². The quantitative estimate of drug-likeness (QED) is 0.302. The average molecular weight is 475 g/mol. The highest BCUT2D eigenvalue weighted by Crippen LogP contribution is 2.35. The van der Waals surface area contributed by atoms with Gasteiger partial charge in [-0.25, -0.2) is 9.59 Å². The average Bonchev–Trinajstić information content (AvgIpc) is 2.76. The van der Waals surface area contributed by atoms with Crippen molar-refractivity contribution in [2.24, 2.45) is 0 Å².